The van der Waals surface area contributed by atoms with Crippen LogP contribution < -0.4 is 5.43 Å². The van der Waals surface area contributed by atoms with Crippen molar-refractivity contribution >= 4 is 23.0 Å². The monoisotopic (exact) mass is 307 g/mol. The number of para-hydroxylation sites is 1. The molecule has 5 heteroatoms. The predicted octanol–water partition coefficient (Wildman–Crippen LogP) is 3.45. The third-order valence-electron chi connectivity index (χ3n) is 3.32. The van der Waals surface area contributed by atoms with E-state index in [2.05, 4.69) is 15.5 Å². The van der Waals surface area contributed by atoms with Gasteiger partial charge in [-0.3, -0.25) is 9.78 Å². The van der Waals surface area contributed by atoms with Crippen LogP contribution in [0.3, 0.4) is 0 Å². The van der Waals surface area contributed by atoms with Gasteiger partial charge in [-0.1, -0.05) is 30.3 Å². The van der Waals surface area contributed by atoms with E-state index in [4.69, 9.17) is 0 Å². The number of carbonyl (C=O) groups excluding carboxylic acids is 1. The Kier molecular flexibility index (Phi) is 4.10. The van der Waals surface area contributed by atoms with Gasteiger partial charge in [0.1, 0.15) is 5.82 Å². The summed E-state index contributed by atoms with van der Waals surface area (Å²) in [4.78, 5) is 16.7. The van der Waals surface area contributed by atoms with Crippen molar-refractivity contribution < 1.29 is 9.18 Å². The summed E-state index contributed by atoms with van der Waals surface area (Å²) in [5.41, 5.74) is 5.05. The van der Waals surface area contributed by atoms with Crippen LogP contribution in [0.15, 0.2) is 59.7 Å². The summed E-state index contributed by atoms with van der Waals surface area (Å²) in [6, 6.07) is 15.1. The fourth-order valence-corrected chi connectivity index (χ4v) is 2.31. The fraction of sp³-hybridized carbons (Fsp3) is 0.0556. The second-order valence-electron chi connectivity index (χ2n) is 5.08. The summed E-state index contributed by atoms with van der Waals surface area (Å²) in [6.45, 7) is 1.83. The molecular formula is C18H14FN3O. The maximum atomic E-state index is 13.1. The van der Waals surface area contributed by atoms with Gasteiger partial charge in [0, 0.05) is 11.1 Å². The first-order valence-electron chi connectivity index (χ1n) is 7.09. The number of nitrogens with zero attached hydrogens (tertiary/aromatic N) is 2. The number of carbonyl (C=O) groups is 1. The molecule has 0 aliphatic rings. The van der Waals surface area contributed by atoms with E-state index >= 15 is 0 Å². The molecule has 1 heterocycles. The number of hydrogen-bond acceptors (Lipinski definition) is 3. The van der Waals surface area contributed by atoms with Gasteiger partial charge in [-0.15, -0.1) is 0 Å². The van der Waals surface area contributed by atoms with Crippen molar-refractivity contribution in [1.29, 1.82) is 0 Å². The highest BCUT2D eigenvalue weighted by Crippen LogP contribution is 2.18. The summed E-state index contributed by atoms with van der Waals surface area (Å²) in [5.74, 6) is -0.685. The standard InChI is InChI=1S/C18H14FN3O/c1-12-9-16(15-7-2-3-8-17(15)21-12)18(23)22-20-11-13-5-4-6-14(19)10-13/h2-11H,1H3,(H,22,23)/b20-11+. The van der Waals surface area contributed by atoms with Gasteiger partial charge >= 0.3 is 0 Å². The maximum Gasteiger partial charge on any atom is 0.272 e. The number of aryl methyl sites for hydroxylation is 1. The van der Waals surface area contributed by atoms with Crippen molar-refractivity contribution in [1.82, 2.24) is 10.4 Å². The van der Waals surface area contributed by atoms with Crippen molar-refractivity contribution in [3.63, 3.8) is 0 Å². The van der Waals surface area contributed by atoms with Crippen LogP contribution in [-0.4, -0.2) is 17.1 Å². The van der Waals surface area contributed by atoms with Crippen molar-refractivity contribution in [2.75, 3.05) is 0 Å². The average molecular weight is 307 g/mol. The lowest BCUT2D eigenvalue weighted by Crippen LogP contribution is -2.18. The second-order valence-corrected chi connectivity index (χ2v) is 5.08. The topological polar surface area (TPSA) is 54.4 Å². The number of hydrazone groups is 1. The lowest BCUT2D eigenvalue weighted by atomic mass is 10.1. The minimum absolute atomic E-state index is 0.334. The minimum Gasteiger partial charge on any atom is -0.267 e. The lowest BCUT2D eigenvalue weighted by molar-refractivity contribution is 0.0956. The zero-order valence-electron chi connectivity index (χ0n) is 12.5. The molecule has 0 radical (unpaired) electrons. The molecule has 3 aromatic rings. The molecule has 0 fully saturated rings. The molecule has 0 aliphatic heterocycles. The molecule has 0 aliphatic carbocycles. The first-order valence-corrected chi connectivity index (χ1v) is 7.09. The van der Waals surface area contributed by atoms with Crippen LogP contribution >= 0.6 is 0 Å². The molecule has 1 aromatic heterocycles. The van der Waals surface area contributed by atoms with Gasteiger partial charge in [-0.2, -0.15) is 5.10 Å². The van der Waals surface area contributed by atoms with E-state index < -0.39 is 0 Å². The van der Waals surface area contributed by atoms with Gasteiger partial charge in [0.05, 0.1) is 17.3 Å². The second kappa shape index (κ2) is 6.36. The molecule has 1 N–H and O–H groups in total. The van der Waals surface area contributed by atoms with E-state index in [1.54, 1.807) is 18.2 Å². The number of amides is 1. The first kappa shape index (κ1) is 14.8. The Morgan fingerprint density at radius 2 is 2.00 bits per heavy atom. The third kappa shape index (κ3) is 3.40. The SMILES string of the molecule is Cc1cc(C(=O)N/N=C/c2cccc(F)c2)c2ccccc2n1. The van der Waals surface area contributed by atoms with Gasteiger partial charge < -0.3 is 0 Å². The van der Waals surface area contributed by atoms with Crippen LogP contribution in [0.4, 0.5) is 4.39 Å². The molecule has 4 nitrogen and oxygen atoms in total. The number of hydrogen-bond donors (Lipinski definition) is 1. The molecule has 23 heavy (non-hydrogen) atoms. The van der Waals surface area contributed by atoms with Gasteiger partial charge in [0.2, 0.25) is 0 Å². The maximum absolute atomic E-state index is 13.1. The number of halogens is 1. The Bertz CT molecular complexity index is 906. The number of fused-ring (bicyclic) bond motifs is 1. The lowest BCUT2D eigenvalue weighted by Gasteiger charge is -2.06. The fourth-order valence-electron chi connectivity index (χ4n) is 2.31. The Morgan fingerprint density at radius 3 is 2.83 bits per heavy atom. The highest BCUT2D eigenvalue weighted by molar-refractivity contribution is 6.06. The number of benzene rings is 2. The molecule has 114 valence electrons. The van der Waals surface area contributed by atoms with Crippen molar-refractivity contribution in [2.45, 2.75) is 6.92 Å². The highest BCUT2D eigenvalue weighted by Gasteiger charge is 2.10. The van der Waals surface area contributed by atoms with E-state index in [9.17, 15) is 9.18 Å². The minimum atomic E-state index is -0.351. The number of pyridine rings is 1. The van der Waals surface area contributed by atoms with E-state index in [0.29, 0.717) is 11.1 Å². The molecule has 0 spiro atoms. The van der Waals surface area contributed by atoms with E-state index in [-0.39, 0.29) is 11.7 Å². The molecule has 2 aromatic carbocycles. The summed E-state index contributed by atoms with van der Waals surface area (Å²) in [5, 5.41) is 4.64. The van der Waals surface area contributed by atoms with Crippen LogP contribution in [0, 0.1) is 12.7 Å². The first-order chi connectivity index (χ1) is 11.1. The number of nitrogens with one attached hydrogen (secondary N) is 1. The van der Waals surface area contributed by atoms with Crippen LogP contribution in [0.2, 0.25) is 0 Å². The van der Waals surface area contributed by atoms with Gasteiger partial charge in [0.15, 0.2) is 0 Å². The predicted molar refractivity (Wildman–Crippen MR) is 87.9 cm³/mol. The molecule has 0 bridgehead atoms. The molecular weight excluding hydrogens is 293 g/mol. The molecule has 0 saturated heterocycles. The Hall–Kier alpha value is -3.08. The van der Waals surface area contributed by atoms with Crippen LogP contribution in [0.1, 0.15) is 21.6 Å². The molecule has 0 unspecified atom stereocenters. The van der Waals surface area contributed by atoms with Gasteiger partial charge in [-0.05, 0) is 36.8 Å². The van der Waals surface area contributed by atoms with Crippen molar-refractivity contribution in [2.24, 2.45) is 5.10 Å². The molecule has 0 atom stereocenters. The molecule has 1 amide bonds. The Balaban J connectivity index is 1.84. The number of rotatable bonds is 3. The van der Waals surface area contributed by atoms with E-state index in [0.717, 1.165) is 16.6 Å². The summed E-state index contributed by atoms with van der Waals surface area (Å²) in [6.07, 6.45) is 1.40. The van der Waals surface area contributed by atoms with Gasteiger partial charge in [-0.25, -0.2) is 9.82 Å². The third-order valence-corrected chi connectivity index (χ3v) is 3.32. The zero-order chi connectivity index (χ0) is 16.2. The van der Waals surface area contributed by atoms with Crippen molar-refractivity contribution in [3.8, 4) is 0 Å². The summed E-state index contributed by atoms with van der Waals surface area (Å²) < 4.78 is 13.1. The largest absolute Gasteiger partial charge is 0.272 e. The summed E-state index contributed by atoms with van der Waals surface area (Å²) in [7, 11) is 0. The highest BCUT2D eigenvalue weighted by atomic mass is 19.1. The quantitative estimate of drug-likeness (QED) is 0.595. The molecule has 0 saturated carbocycles. The average Bonchev–Trinajstić information content (AvgIpc) is 2.54. The Labute approximate surface area is 132 Å². The van der Waals surface area contributed by atoms with Crippen molar-refractivity contribution in [3.05, 3.63) is 77.2 Å². The zero-order valence-corrected chi connectivity index (χ0v) is 12.5. The Morgan fingerprint density at radius 1 is 1.17 bits per heavy atom. The number of aromatic nitrogens is 1. The smallest absolute Gasteiger partial charge is 0.267 e. The van der Waals surface area contributed by atoms with Gasteiger partial charge in [0.25, 0.3) is 5.91 Å². The van der Waals surface area contributed by atoms with E-state index in [1.165, 1.54) is 18.3 Å². The van der Waals surface area contributed by atoms with Crippen LogP contribution in [0.5, 0.6) is 0 Å². The van der Waals surface area contributed by atoms with E-state index in [1.807, 2.05) is 31.2 Å². The normalized spacial score (nSPS) is 11.0. The summed E-state index contributed by atoms with van der Waals surface area (Å²) >= 11 is 0. The van der Waals surface area contributed by atoms with Crippen LogP contribution in [-0.2, 0) is 0 Å². The molecule has 3 rings (SSSR count). The van der Waals surface area contributed by atoms with Crippen LogP contribution in [0.25, 0.3) is 10.9 Å².